The van der Waals surface area contributed by atoms with Crippen molar-refractivity contribution >= 4 is 21.7 Å². The van der Waals surface area contributed by atoms with Crippen LogP contribution in [0.4, 0.5) is 0 Å². The summed E-state index contributed by atoms with van der Waals surface area (Å²) in [7, 11) is 0. The van der Waals surface area contributed by atoms with Gasteiger partial charge in [0.05, 0.1) is 0 Å². The van der Waals surface area contributed by atoms with Crippen molar-refractivity contribution in [2.75, 3.05) is 19.6 Å². The quantitative estimate of drug-likeness (QED) is 0.759. The summed E-state index contributed by atoms with van der Waals surface area (Å²) in [6.45, 7) is 10.1. The van der Waals surface area contributed by atoms with Crippen LogP contribution in [0.5, 0.6) is 0 Å². The zero-order valence-electron chi connectivity index (χ0n) is 12.7. The van der Waals surface area contributed by atoms with Gasteiger partial charge in [-0.25, -0.2) is 0 Å². The first-order valence-corrected chi connectivity index (χ1v) is 8.16. The van der Waals surface area contributed by atoms with E-state index in [4.69, 9.17) is 0 Å². The van der Waals surface area contributed by atoms with Crippen molar-refractivity contribution in [3.05, 3.63) is 34.3 Å². The average Bonchev–Trinajstić information content (AvgIpc) is 2.84. The standard InChI is InChI=1S/C17H24BrNO/c1-17(2,3)14-7-9-19(12-14)10-8-16(20)13-5-4-6-15(18)11-13/h4-6,11,14H,7-10,12H2,1-3H3. The Hall–Kier alpha value is -0.670. The van der Waals surface area contributed by atoms with E-state index in [2.05, 4.69) is 41.6 Å². The van der Waals surface area contributed by atoms with Crippen LogP contribution < -0.4 is 0 Å². The molecule has 1 aliphatic rings. The molecule has 0 radical (unpaired) electrons. The molecule has 1 saturated heterocycles. The van der Waals surface area contributed by atoms with E-state index in [1.165, 1.54) is 6.42 Å². The minimum Gasteiger partial charge on any atom is -0.303 e. The number of halogens is 1. The highest BCUT2D eigenvalue weighted by atomic mass is 79.9. The zero-order valence-corrected chi connectivity index (χ0v) is 14.2. The third-order valence-corrected chi connectivity index (χ3v) is 4.79. The first-order chi connectivity index (χ1) is 9.36. The van der Waals surface area contributed by atoms with Crippen LogP contribution in [0.25, 0.3) is 0 Å². The van der Waals surface area contributed by atoms with Crippen LogP contribution in [0.2, 0.25) is 0 Å². The molecule has 1 aromatic carbocycles. The predicted molar refractivity (Wildman–Crippen MR) is 87.1 cm³/mol. The monoisotopic (exact) mass is 337 g/mol. The summed E-state index contributed by atoms with van der Waals surface area (Å²) in [4.78, 5) is 14.6. The maximum atomic E-state index is 12.2. The maximum Gasteiger partial charge on any atom is 0.164 e. The van der Waals surface area contributed by atoms with Gasteiger partial charge in [0.1, 0.15) is 0 Å². The van der Waals surface area contributed by atoms with Gasteiger partial charge in [0.15, 0.2) is 5.78 Å². The van der Waals surface area contributed by atoms with Gasteiger partial charge in [-0.15, -0.1) is 0 Å². The topological polar surface area (TPSA) is 20.3 Å². The molecule has 1 heterocycles. The lowest BCUT2D eigenvalue weighted by Crippen LogP contribution is -2.27. The smallest absolute Gasteiger partial charge is 0.164 e. The van der Waals surface area contributed by atoms with Crippen LogP contribution in [0.3, 0.4) is 0 Å². The molecule has 0 amide bonds. The van der Waals surface area contributed by atoms with E-state index in [9.17, 15) is 4.79 Å². The summed E-state index contributed by atoms with van der Waals surface area (Å²) in [5.74, 6) is 0.994. The highest BCUT2D eigenvalue weighted by molar-refractivity contribution is 9.10. The Morgan fingerprint density at radius 3 is 2.75 bits per heavy atom. The van der Waals surface area contributed by atoms with Crippen molar-refractivity contribution in [3.8, 4) is 0 Å². The summed E-state index contributed by atoms with van der Waals surface area (Å²) >= 11 is 3.41. The molecular formula is C17H24BrNO. The van der Waals surface area contributed by atoms with Gasteiger partial charge < -0.3 is 4.90 Å². The van der Waals surface area contributed by atoms with E-state index in [-0.39, 0.29) is 5.78 Å². The Balaban J connectivity index is 1.83. The SMILES string of the molecule is CC(C)(C)C1CCN(CCC(=O)c2cccc(Br)c2)C1. The van der Waals surface area contributed by atoms with E-state index < -0.39 is 0 Å². The van der Waals surface area contributed by atoms with Crippen molar-refractivity contribution in [3.63, 3.8) is 0 Å². The predicted octanol–water partition coefficient (Wildman–Crippen LogP) is 4.39. The molecule has 0 aliphatic carbocycles. The zero-order chi connectivity index (χ0) is 14.8. The summed E-state index contributed by atoms with van der Waals surface area (Å²) < 4.78 is 0.970. The molecule has 3 heteroatoms. The first-order valence-electron chi connectivity index (χ1n) is 7.37. The van der Waals surface area contributed by atoms with Crippen molar-refractivity contribution < 1.29 is 4.79 Å². The van der Waals surface area contributed by atoms with Crippen LogP contribution in [-0.4, -0.2) is 30.3 Å². The van der Waals surface area contributed by atoms with Crippen molar-refractivity contribution in [1.29, 1.82) is 0 Å². The number of hydrogen-bond acceptors (Lipinski definition) is 2. The molecule has 2 nitrogen and oxygen atoms in total. The van der Waals surface area contributed by atoms with Crippen molar-refractivity contribution in [2.45, 2.75) is 33.6 Å². The lowest BCUT2D eigenvalue weighted by molar-refractivity contribution is 0.0967. The molecule has 0 N–H and O–H groups in total. The van der Waals surface area contributed by atoms with Gasteiger partial charge in [0, 0.05) is 29.5 Å². The second-order valence-corrected chi connectivity index (χ2v) is 7.75. The molecule has 1 fully saturated rings. The third kappa shape index (κ3) is 4.16. The second-order valence-electron chi connectivity index (χ2n) is 6.84. The number of rotatable bonds is 4. The van der Waals surface area contributed by atoms with Crippen molar-refractivity contribution in [2.24, 2.45) is 11.3 Å². The number of carbonyl (C=O) groups excluding carboxylic acids is 1. The van der Waals surface area contributed by atoms with Gasteiger partial charge in [-0.2, -0.15) is 0 Å². The van der Waals surface area contributed by atoms with Gasteiger partial charge in [0.2, 0.25) is 0 Å². The Morgan fingerprint density at radius 2 is 2.15 bits per heavy atom. The average molecular weight is 338 g/mol. The summed E-state index contributed by atoms with van der Waals surface area (Å²) in [5.41, 5.74) is 1.19. The Kier molecular flexibility index (Phi) is 5.03. The minimum atomic E-state index is 0.241. The van der Waals surface area contributed by atoms with Gasteiger partial charge >= 0.3 is 0 Å². The molecule has 1 aliphatic heterocycles. The van der Waals surface area contributed by atoms with E-state index in [0.29, 0.717) is 11.8 Å². The third-order valence-electron chi connectivity index (χ3n) is 4.30. The summed E-state index contributed by atoms with van der Waals surface area (Å²) in [6.07, 6.45) is 1.88. The largest absolute Gasteiger partial charge is 0.303 e. The van der Waals surface area contributed by atoms with Crippen LogP contribution >= 0.6 is 15.9 Å². The Morgan fingerprint density at radius 1 is 1.40 bits per heavy atom. The molecule has 110 valence electrons. The van der Waals surface area contributed by atoms with Crippen LogP contribution in [0.1, 0.15) is 44.0 Å². The van der Waals surface area contributed by atoms with Gasteiger partial charge in [0.25, 0.3) is 0 Å². The summed E-state index contributed by atoms with van der Waals surface area (Å²) in [5, 5.41) is 0. The van der Waals surface area contributed by atoms with Crippen LogP contribution in [0.15, 0.2) is 28.7 Å². The lowest BCUT2D eigenvalue weighted by atomic mass is 9.80. The van der Waals surface area contributed by atoms with E-state index in [1.54, 1.807) is 0 Å². The fraction of sp³-hybridized carbons (Fsp3) is 0.588. The van der Waals surface area contributed by atoms with E-state index in [1.807, 2.05) is 24.3 Å². The van der Waals surface area contributed by atoms with Gasteiger partial charge in [-0.3, -0.25) is 4.79 Å². The molecule has 1 unspecified atom stereocenters. The van der Waals surface area contributed by atoms with Gasteiger partial charge in [-0.05, 0) is 36.4 Å². The van der Waals surface area contributed by atoms with Crippen LogP contribution in [0, 0.1) is 11.3 Å². The number of ketones is 1. The minimum absolute atomic E-state index is 0.241. The second kappa shape index (κ2) is 6.40. The Labute approximate surface area is 130 Å². The van der Waals surface area contributed by atoms with Crippen molar-refractivity contribution in [1.82, 2.24) is 4.90 Å². The lowest BCUT2D eigenvalue weighted by Gasteiger charge is -2.27. The summed E-state index contributed by atoms with van der Waals surface area (Å²) in [6, 6.07) is 7.67. The molecule has 1 atom stereocenters. The molecule has 1 aromatic rings. The maximum absolute atomic E-state index is 12.2. The molecule has 20 heavy (non-hydrogen) atoms. The molecule has 0 spiro atoms. The number of nitrogens with zero attached hydrogens (tertiary/aromatic N) is 1. The molecule has 0 bridgehead atoms. The number of carbonyl (C=O) groups is 1. The normalized spacial score (nSPS) is 20.3. The number of Topliss-reactive ketones (excluding diaryl/α,β-unsaturated/α-hetero) is 1. The van der Waals surface area contributed by atoms with Crippen LogP contribution in [-0.2, 0) is 0 Å². The molecule has 2 rings (SSSR count). The molecule has 0 saturated carbocycles. The highest BCUT2D eigenvalue weighted by Crippen LogP contribution is 2.33. The number of likely N-dealkylation sites (tertiary alicyclic amines) is 1. The first kappa shape index (κ1) is 15.7. The fourth-order valence-corrected chi connectivity index (χ4v) is 3.21. The van der Waals surface area contributed by atoms with E-state index >= 15 is 0 Å². The molecule has 0 aromatic heterocycles. The highest BCUT2D eigenvalue weighted by Gasteiger charge is 2.31. The number of benzene rings is 1. The molecular weight excluding hydrogens is 314 g/mol. The van der Waals surface area contributed by atoms with E-state index in [0.717, 1.165) is 35.6 Å². The van der Waals surface area contributed by atoms with Gasteiger partial charge in [-0.1, -0.05) is 48.8 Å². The fourth-order valence-electron chi connectivity index (χ4n) is 2.81. The number of hydrogen-bond donors (Lipinski definition) is 0. The Bertz CT molecular complexity index is 478.